The highest BCUT2D eigenvalue weighted by molar-refractivity contribution is 7.89. The van der Waals surface area contributed by atoms with E-state index in [2.05, 4.69) is 10.2 Å². The topological polar surface area (TPSA) is 89.4 Å². The second-order valence-corrected chi connectivity index (χ2v) is 9.24. The van der Waals surface area contributed by atoms with E-state index in [0.29, 0.717) is 42.6 Å². The van der Waals surface area contributed by atoms with Crippen LogP contribution in [0.5, 0.6) is 0 Å². The average molecular weight is 401 g/mol. The summed E-state index contributed by atoms with van der Waals surface area (Å²) in [5, 5.41) is 8.22. The summed E-state index contributed by atoms with van der Waals surface area (Å²) in [6.07, 6.45) is 4.41. The Morgan fingerprint density at radius 1 is 1.07 bits per heavy atom. The number of benzene rings is 1. The van der Waals surface area contributed by atoms with Gasteiger partial charge in [0.2, 0.25) is 15.9 Å². The number of aromatic nitrogens is 2. The van der Waals surface area contributed by atoms with Crippen molar-refractivity contribution in [3.63, 3.8) is 0 Å². The van der Waals surface area contributed by atoms with E-state index in [1.807, 2.05) is 32.9 Å². The molecular formula is C20H23N3O4S. The Morgan fingerprint density at radius 2 is 1.75 bits per heavy atom. The third-order valence-electron chi connectivity index (χ3n) is 5.21. The fraction of sp³-hybridized carbons (Fsp3) is 0.400. The van der Waals surface area contributed by atoms with Crippen LogP contribution in [0.3, 0.4) is 0 Å². The van der Waals surface area contributed by atoms with Crippen molar-refractivity contribution in [2.45, 2.75) is 44.4 Å². The number of hydrogen-bond acceptors (Lipinski definition) is 6. The molecule has 0 aliphatic carbocycles. The second-order valence-electron chi connectivity index (χ2n) is 7.36. The molecule has 7 nitrogen and oxygen atoms in total. The van der Waals surface area contributed by atoms with Gasteiger partial charge >= 0.3 is 0 Å². The molecule has 2 aromatic heterocycles. The molecular weight excluding hydrogens is 378 g/mol. The van der Waals surface area contributed by atoms with Crippen LogP contribution in [0.25, 0.3) is 11.5 Å². The van der Waals surface area contributed by atoms with E-state index in [-0.39, 0.29) is 5.92 Å². The zero-order chi connectivity index (χ0) is 19.9. The summed E-state index contributed by atoms with van der Waals surface area (Å²) in [6, 6.07) is 5.60. The van der Waals surface area contributed by atoms with Gasteiger partial charge in [-0.05, 0) is 50.8 Å². The van der Waals surface area contributed by atoms with Gasteiger partial charge in [0.1, 0.15) is 6.26 Å². The Labute approximate surface area is 164 Å². The maximum absolute atomic E-state index is 13.2. The molecule has 0 saturated carbocycles. The van der Waals surface area contributed by atoms with Gasteiger partial charge in [-0.3, -0.25) is 0 Å². The van der Waals surface area contributed by atoms with Gasteiger partial charge in [0.15, 0.2) is 0 Å². The van der Waals surface area contributed by atoms with Crippen LogP contribution in [0.1, 0.15) is 41.3 Å². The lowest BCUT2D eigenvalue weighted by molar-refractivity contribution is 0.291. The van der Waals surface area contributed by atoms with Crippen molar-refractivity contribution in [1.29, 1.82) is 0 Å². The van der Waals surface area contributed by atoms with Crippen LogP contribution in [-0.4, -0.2) is 36.0 Å². The normalized spacial score (nSPS) is 16.5. The quantitative estimate of drug-likeness (QED) is 0.660. The van der Waals surface area contributed by atoms with E-state index in [4.69, 9.17) is 8.83 Å². The fourth-order valence-corrected chi connectivity index (χ4v) is 5.83. The van der Waals surface area contributed by atoms with Crippen LogP contribution < -0.4 is 0 Å². The number of rotatable bonds is 4. The first-order valence-corrected chi connectivity index (χ1v) is 10.7. The summed E-state index contributed by atoms with van der Waals surface area (Å²) in [6.45, 7) is 6.56. The van der Waals surface area contributed by atoms with E-state index in [9.17, 15) is 8.42 Å². The van der Waals surface area contributed by atoms with E-state index >= 15 is 0 Å². The third-order valence-corrected chi connectivity index (χ3v) is 7.42. The highest BCUT2D eigenvalue weighted by Crippen LogP contribution is 2.33. The third kappa shape index (κ3) is 3.38. The molecule has 3 heterocycles. The molecule has 28 heavy (non-hydrogen) atoms. The molecule has 1 aliphatic heterocycles. The molecule has 0 radical (unpaired) electrons. The van der Waals surface area contributed by atoms with Crippen molar-refractivity contribution in [1.82, 2.24) is 14.5 Å². The fourth-order valence-electron chi connectivity index (χ4n) is 3.95. The minimum absolute atomic E-state index is 0.0554. The van der Waals surface area contributed by atoms with Crippen LogP contribution >= 0.6 is 0 Å². The average Bonchev–Trinajstić information content (AvgIpc) is 3.32. The molecule has 1 fully saturated rings. The molecule has 8 heteroatoms. The molecule has 1 aliphatic rings. The minimum Gasteiger partial charge on any atom is -0.472 e. The summed E-state index contributed by atoms with van der Waals surface area (Å²) in [7, 11) is -3.52. The lowest BCUT2D eigenvalue weighted by atomic mass is 9.98. The van der Waals surface area contributed by atoms with E-state index in [1.165, 1.54) is 0 Å². The van der Waals surface area contributed by atoms with Gasteiger partial charge in [-0.2, -0.15) is 4.31 Å². The first-order chi connectivity index (χ1) is 13.4. The van der Waals surface area contributed by atoms with Crippen LogP contribution in [-0.2, 0) is 10.0 Å². The van der Waals surface area contributed by atoms with Gasteiger partial charge in [-0.1, -0.05) is 17.7 Å². The Morgan fingerprint density at radius 3 is 2.36 bits per heavy atom. The lowest BCUT2D eigenvalue weighted by Crippen LogP contribution is -2.38. The van der Waals surface area contributed by atoms with Crippen molar-refractivity contribution >= 4 is 10.0 Å². The van der Waals surface area contributed by atoms with Crippen LogP contribution in [0.15, 0.2) is 44.5 Å². The van der Waals surface area contributed by atoms with Crippen molar-refractivity contribution in [3.8, 4) is 11.5 Å². The smallest absolute Gasteiger partial charge is 0.250 e. The Kier molecular flexibility index (Phi) is 4.84. The molecule has 0 amide bonds. The van der Waals surface area contributed by atoms with Crippen molar-refractivity contribution in [2.24, 2.45) is 0 Å². The van der Waals surface area contributed by atoms with Crippen molar-refractivity contribution < 1.29 is 17.3 Å². The Balaban J connectivity index is 1.50. The minimum atomic E-state index is -3.52. The van der Waals surface area contributed by atoms with E-state index < -0.39 is 10.0 Å². The molecule has 1 saturated heterocycles. The summed E-state index contributed by atoms with van der Waals surface area (Å²) in [5.41, 5.74) is 3.39. The molecule has 3 aromatic rings. The summed E-state index contributed by atoms with van der Waals surface area (Å²) in [4.78, 5) is 0.427. The highest BCUT2D eigenvalue weighted by Gasteiger charge is 2.33. The largest absolute Gasteiger partial charge is 0.472 e. The second kappa shape index (κ2) is 7.18. The van der Waals surface area contributed by atoms with Crippen molar-refractivity contribution in [2.75, 3.05) is 13.1 Å². The zero-order valence-corrected chi connectivity index (χ0v) is 17.0. The number of furan rings is 1. The molecule has 0 N–H and O–H groups in total. The first kappa shape index (κ1) is 18.9. The summed E-state index contributed by atoms with van der Waals surface area (Å²) in [5.74, 6) is 1.03. The molecule has 4 rings (SSSR count). The zero-order valence-electron chi connectivity index (χ0n) is 16.2. The van der Waals surface area contributed by atoms with E-state index in [1.54, 1.807) is 22.9 Å². The Hall–Kier alpha value is -2.45. The number of sulfonamides is 1. The Bertz CT molecular complexity index is 1060. The number of hydrogen-bond donors (Lipinski definition) is 0. The number of piperidine rings is 1. The van der Waals surface area contributed by atoms with Crippen LogP contribution in [0.4, 0.5) is 0 Å². The van der Waals surface area contributed by atoms with Crippen LogP contribution in [0.2, 0.25) is 0 Å². The van der Waals surface area contributed by atoms with Crippen LogP contribution in [0, 0.1) is 20.8 Å². The number of nitrogens with zero attached hydrogens (tertiary/aromatic N) is 3. The maximum atomic E-state index is 13.2. The van der Waals surface area contributed by atoms with Gasteiger partial charge in [0.25, 0.3) is 5.89 Å². The van der Waals surface area contributed by atoms with Gasteiger partial charge in [0, 0.05) is 19.0 Å². The highest BCUT2D eigenvalue weighted by atomic mass is 32.2. The molecule has 0 bridgehead atoms. The lowest BCUT2D eigenvalue weighted by Gasteiger charge is -2.30. The standard InChI is InChI=1S/C20H23N3O4S/c1-13-10-14(2)18(15(3)11-13)28(24,25)23-7-4-16(5-8-23)19-21-22-20(27-19)17-6-9-26-12-17/h6,9-12,16H,4-5,7-8H2,1-3H3. The van der Waals surface area contributed by atoms with Gasteiger partial charge < -0.3 is 8.83 Å². The predicted octanol–water partition coefficient (Wildman–Crippen LogP) is 3.82. The van der Waals surface area contributed by atoms with Gasteiger partial charge in [-0.25, -0.2) is 8.42 Å². The summed E-state index contributed by atoms with van der Waals surface area (Å²) >= 11 is 0. The van der Waals surface area contributed by atoms with Gasteiger partial charge in [-0.15, -0.1) is 10.2 Å². The van der Waals surface area contributed by atoms with E-state index in [0.717, 1.165) is 22.3 Å². The summed E-state index contributed by atoms with van der Waals surface area (Å²) < 4.78 is 38.8. The van der Waals surface area contributed by atoms with Crippen molar-refractivity contribution in [3.05, 3.63) is 53.3 Å². The number of aryl methyl sites for hydroxylation is 3. The SMILES string of the molecule is Cc1cc(C)c(S(=O)(=O)N2CCC(c3nnc(-c4ccoc4)o3)CC2)c(C)c1. The molecule has 148 valence electrons. The first-order valence-electron chi connectivity index (χ1n) is 9.30. The molecule has 1 aromatic carbocycles. The maximum Gasteiger partial charge on any atom is 0.250 e. The molecule has 0 atom stereocenters. The molecule has 0 spiro atoms. The predicted molar refractivity (Wildman–Crippen MR) is 103 cm³/mol. The monoisotopic (exact) mass is 401 g/mol. The van der Waals surface area contributed by atoms with Gasteiger partial charge in [0.05, 0.1) is 16.7 Å². The molecule has 0 unspecified atom stereocenters.